The van der Waals surface area contributed by atoms with Gasteiger partial charge in [0.1, 0.15) is 5.82 Å². The molecule has 2 amide bonds. The van der Waals surface area contributed by atoms with E-state index in [2.05, 4.69) is 19.2 Å². The van der Waals surface area contributed by atoms with Crippen molar-refractivity contribution in [3.05, 3.63) is 59.4 Å². The molecule has 0 unspecified atom stereocenters. The van der Waals surface area contributed by atoms with E-state index in [1.807, 2.05) is 69.8 Å². The van der Waals surface area contributed by atoms with E-state index in [9.17, 15) is 14.0 Å². The molecular formula is C27H38FN3O2. The van der Waals surface area contributed by atoms with Crippen LogP contribution in [0.2, 0.25) is 0 Å². The lowest BCUT2D eigenvalue weighted by Crippen LogP contribution is -2.41. The third-order valence-corrected chi connectivity index (χ3v) is 5.69. The van der Waals surface area contributed by atoms with E-state index in [0.717, 1.165) is 11.3 Å². The van der Waals surface area contributed by atoms with Crippen LogP contribution < -0.4 is 10.2 Å². The molecule has 2 aromatic carbocycles. The van der Waals surface area contributed by atoms with Gasteiger partial charge in [0.05, 0.1) is 0 Å². The first kappa shape index (κ1) is 26.4. The Kier molecular flexibility index (Phi) is 8.64. The smallest absolute Gasteiger partial charge is 0.254 e. The second-order valence-corrected chi connectivity index (χ2v) is 10.4. The zero-order valence-electron chi connectivity index (χ0n) is 21.2. The van der Waals surface area contributed by atoms with E-state index < -0.39 is 0 Å². The molecule has 0 fully saturated rings. The fourth-order valence-corrected chi connectivity index (χ4v) is 3.62. The Morgan fingerprint density at radius 3 is 2.12 bits per heavy atom. The summed E-state index contributed by atoms with van der Waals surface area (Å²) < 4.78 is 13.4. The molecule has 33 heavy (non-hydrogen) atoms. The number of carbonyl (C=O) groups excluding carboxylic acids is 2. The van der Waals surface area contributed by atoms with Gasteiger partial charge in [-0.3, -0.25) is 9.59 Å². The Morgan fingerprint density at radius 1 is 1.00 bits per heavy atom. The second-order valence-electron chi connectivity index (χ2n) is 10.4. The molecule has 0 spiro atoms. The molecule has 0 saturated carbocycles. The number of nitrogens with zero attached hydrogens (tertiary/aromatic N) is 2. The molecule has 0 aliphatic heterocycles. The lowest BCUT2D eigenvalue weighted by Gasteiger charge is -2.33. The van der Waals surface area contributed by atoms with E-state index >= 15 is 0 Å². The van der Waals surface area contributed by atoms with Gasteiger partial charge in [-0.1, -0.05) is 34.6 Å². The van der Waals surface area contributed by atoms with Crippen LogP contribution in [0.15, 0.2) is 42.5 Å². The van der Waals surface area contributed by atoms with Crippen molar-refractivity contribution in [2.24, 2.45) is 11.3 Å². The normalized spacial score (nSPS) is 12.4. The van der Waals surface area contributed by atoms with E-state index in [4.69, 9.17) is 0 Å². The standard InChI is InChI=1S/C27H38FN3O2/c1-18(2)19(3)31(26(33)20-9-11-22(28)12-10-20)17-21-15-23(13-14-24(21)30(7)8)29-25(32)16-27(4,5)6/h9-15,18-19H,16-17H2,1-8H3,(H,29,32)/t19-/m1/s1. The molecule has 6 heteroatoms. The highest BCUT2D eigenvalue weighted by Gasteiger charge is 2.25. The van der Waals surface area contributed by atoms with E-state index in [0.29, 0.717) is 24.2 Å². The van der Waals surface area contributed by atoms with Crippen LogP contribution in [0.25, 0.3) is 0 Å². The minimum Gasteiger partial charge on any atom is -0.377 e. The Balaban J connectivity index is 2.41. The largest absolute Gasteiger partial charge is 0.377 e. The zero-order valence-corrected chi connectivity index (χ0v) is 21.2. The molecule has 2 aromatic rings. The zero-order chi connectivity index (χ0) is 24.9. The van der Waals surface area contributed by atoms with Gasteiger partial charge in [0.25, 0.3) is 5.91 Å². The van der Waals surface area contributed by atoms with Gasteiger partial charge in [0.2, 0.25) is 5.91 Å². The Labute approximate surface area is 198 Å². The molecule has 5 nitrogen and oxygen atoms in total. The highest BCUT2D eigenvalue weighted by molar-refractivity contribution is 5.94. The Bertz CT molecular complexity index is 962. The van der Waals surface area contributed by atoms with Gasteiger partial charge in [0.15, 0.2) is 0 Å². The van der Waals surface area contributed by atoms with Gasteiger partial charge in [-0.15, -0.1) is 0 Å². The van der Waals surface area contributed by atoms with Crippen molar-refractivity contribution in [2.45, 2.75) is 60.5 Å². The van der Waals surface area contributed by atoms with Crippen molar-refractivity contribution in [3.63, 3.8) is 0 Å². The topological polar surface area (TPSA) is 52.7 Å². The SMILES string of the molecule is CC(C)[C@@H](C)N(Cc1cc(NC(=O)CC(C)(C)C)ccc1N(C)C)C(=O)c1ccc(F)cc1. The predicted octanol–water partition coefficient (Wildman–Crippen LogP) is 5.95. The van der Waals surface area contributed by atoms with Crippen LogP contribution in [0.1, 0.15) is 63.9 Å². The molecule has 0 radical (unpaired) electrons. The van der Waals surface area contributed by atoms with Crippen LogP contribution in [0.5, 0.6) is 0 Å². The van der Waals surface area contributed by atoms with Crippen molar-refractivity contribution in [1.82, 2.24) is 4.90 Å². The summed E-state index contributed by atoms with van der Waals surface area (Å²) >= 11 is 0. The molecule has 0 aliphatic carbocycles. The number of anilines is 2. The van der Waals surface area contributed by atoms with Crippen molar-refractivity contribution in [1.29, 1.82) is 0 Å². The maximum absolute atomic E-state index is 13.4. The van der Waals surface area contributed by atoms with Crippen LogP contribution in [-0.2, 0) is 11.3 Å². The van der Waals surface area contributed by atoms with Gasteiger partial charge in [-0.05, 0) is 66.3 Å². The van der Waals surface area contributed by atoms with E-state index in [1.165, 1.54) is 24.3 Å². The average Bonchev–Trinajstić information content (AvgIpc) is 2.70. The van der Waals surface area contributed by atoms with Crippen LogP contribution in [0.4, 0.5) is 15.8 Å². The van der Waals surface area contributed by atoms with Gasteiger partial charge in [-0.2, -0.15) is 0 Å². The van der Waals surface area contributed by atoms with Crippen molar-refractivity contribution in [2.75, 3.05) is 24.3 Å². The molecule has 0 aliphatic rings. The highest BCUT2D eigenvalue weighted by atomic mass is 19.1. The number of carbonyl (C=O) groups is 2. The molecule has 0 heterocycles. The molecular weight excluding hydrogens is 417 g/mol. The lowest BCUT2D eigenvalue weighted by atomic mass is 9.92. The summed E-state index contributed by atoms with van der Waals surface area (Å²) in [6.07, 6.45) is 0.414. The second kappa shape index (κ2) is 10.8. The van der Waals surface area contributed by atoms with Crippen LogP contribution in [0, 0.1) is 17.2 Å². The van der Waals surface area contributed by atoms with Crippen molar-refractivity contribution >= 4 is 23.2 Å². The first-order chi connectivity index (χ1) is 15.3. The van der Waals surface area contributed by atoms with Gasteiger partial charge in [-0.25, -0.2) is 4.39 Å². The predicted molar refractivity (Wildman–Crippen MR) is 134 cm³/mol. The quantitative estimate of drug-likeness (QED) is 0.535. The summed E-state index contributed by atoms with van der Waals surface area (Å²) in [7, 11) is 3.91. The Morgan fingerprint density at radius 2 is 1.61 bits per heavy atom. The molecule has 0 aromatic heterocycles. The Hall–Kier alpha value is -2.89. The van der Waals surface area contributed by atoms with Gasteiger partial charge < -0.3 is 15.1 Å². The van der Waals surface area contributed by atoms with Crippen molar-refractivity contribution < 1.29 is 14.0 Å². The summed E-state index contributed by atoms with van der Waals surface area (Å²) in [5.74, 6) is -0.334. The number of hydrogen-bond acceptors (Lipinski definition) is 3. The number of hydrogen-bond donors (Lipinski definition) is 1. The molecule has 180 valence electrons. The third-order valence-electron chi connectivity index (χ3n) is 5.69. The number of nitrogens with one attached hydrogen (secondary N) is 1. The fourth-order valence-electron chi connectivity index (χ4n) is 3.62. The molecule has 1 atom stereocenters. The number of halogens is 1. The summed E-state index contributed by atoms with van der Waals surface area (Å²) in [6, 6.07) is 11.4. The fraction of sp³-hybridized carbons (Fsp3) is 0.481. The third kappa shape index (κ3) is 7.58. The van der Waals surface area contributed by atoms with Gasteiger partial charge in [0, 0.05) is 50.0 Å². The molecule has 0 bridgehead atoms. The summed E-state index contributed by atoms with van der Waals surface area (Å²) in [6.45, 7) is 12.6. The maximum atomic E-state index is 13.4. The summed E-state index contributed by atoms with van der Waals surface area (Å²) in [4.78, 5) is 29.7. The van der Waals surface area contributed by atoms with Crippen LogP contribution in [0.3, 0.4) is 0 Å². The molecule has 0 saturated heterocycles. The molecule has 2 rings (SSSR count). The number of rotatable bonds is 8. The minimum absolute atomic E-state index is 0.0409. The first-order valence-corrected chi connectivity index (χ1v) is 11.4. The minimum atomic E-state index is -0.372. The lowest BCUT2D eigenvalue weighted by molar-refractivity contribution is -0.117. The monoisotopic (exact) mass is 455 g/mol. The summed E-state index contributed by atoms with van der Waals surface area (Å²) in [5.41, 5.74) is 2.94. The van der Waals surface area contributed by atoms with Crippen molar-refractivity contribution in [3.8, 4) is 0 Å². The summed E-state index contributed by atoms with van der Waals surface area (Å²) in [5, 5.41) is 2.99. The van der Waals surface area contributed by atoms with Gasteiger partial charge >= 0.3 is 0 Å². The average molecular weight is 456 g/mol. The molecule has 1 N–H and O–H groups in total. The van der Waals surface area contributed by atoms with Crippen LogP contribution >= 0.6 is 0 Å². The maximum Gasteiger partial charge on any atom is 0.254 e. The number of amides is 2. The number of benzene rings is 2. The van der Waals surface area contributed by atoms with E-state index in [1.54, 1.807) is 0 Å². The van der Waals surface area contributed by atoms with E-state index in [-0.39, 0.29) is 35.0 Å². The first-order valence-electron chi connectivity index (χ1n) is 11.4. The highest BCUT2D eigenvalue weighted by Crippen LogP contribution is 2.28. The van der Waals surface area contributed by atoms with Crippen LogP contribution in [-0.4, -0.2) is 36.9 Å².